The fourth-order valence-electron chi connectivity index (χ4n) is 3.14. The molecule has 25 heavy (non-hydrogen) atoms. The second-order valence-electron chi connectivity index (χ2n) is 6.58. The minimum Gasteiger partial charge on any atom is -0.360 e. The number of carbonyl (C=O) groups is 1. The summed E-state index contributed by atoms with van der Waals surface area (Å²) >= 11 is 0. The lowest BCUT2D eigenvalue weighted by Crippen LogP contribution is -2.32. The van der Waals surface area contributed by atoms with Gasteiger partial charge in [-0.25, -0.2) is 0 Å². The van der Waals surface area contributed by atoms with Crippen molar-refractivity contribution >= 4 is 11.7 Å². The maximum Gasteiger partial charge on any atom is 0.226 e. The molecule has 0 atom stereocenters. The second-order valence-corrected chi connectivity index (χ2v) is 6.58. The molecule has 1 saturated heterocycles. The van der Waals surface area contributed by atoms with E-state index < -0.39 is 0 Å². The number of nitrogens with zero attached hydrogens (tertiary/aromatic N) is 3. The third kappa shape index (κ3) is 5.69. The van der Waals surface area contributed by atoms with Crippen molar-refractivity contribution in [2.45, 2.75) is 26.3 Å². The first-order chi connectivity index (χ1) is 12.2. The van der Waals surface area contributed by atoms with Gasteiger partial charge < -0.3 is 14.7 Å². The Morgan fingerprint density at radius 3 is 2.68 bits per heavy atom. The zero-order valence-corrected chi connectivity index (χ0v) is 14.8. The van der Waals surface area contributed by atoms with Crippen LogP contribution in [0.3, 0.4) is 0 Å². The average molecular weight is 342 g/mol. The summed E-state index contributed by atoms with van der Waals surface area (Å²) in [7, 11) is 0. The predicted molar refractivity (Wildman–Crippen MR) is 97.3 cm³/mol. The Morgan fingerprint density at radius 2 is 1.92 bits per heavy atom. The molecule has 1 aliphatic heterocycles. The summed E-state index contributed by atoms with van der Waals surface area (Å²) < 4.78 is 4.96. The summed E-state index contributed by atoms with van der Waals surface area (Å²) in [6, 6.07) is 12.3. The highest BCUT2D eigenvalue weighted by Gasteiger charge is 2.16. The molecule has 1 aliphatic rings. The van der Waals surface area contributed by atoms with Crippen LogP contribution in [0.5, 0.6) is 0 Å². The average Bonchev–Trinajstić information content (AvgIpc) is 2.88. The van der Waals surface area contributed by atoms with Crippen LogP contribution in [0.15, 0.2) is 40.9 Å². The molecule has 134 valence electrons. The van der Waals surface area contributed by atoms with Gasteiger partial charge in [0, 0.05) is 38.7 Å². The Bertz CT molecular complexity index is 671. The largest absolute Gasteiger partial charge is 0.360 e. The normalized spacial score (nSPS) is 16.5. The standard InChI is InChI=1S/C19H26N4O2/c1-16-14-18(21-25-16)20-19(24)8-11-22-9-5-10-23(13-12-22)15-17-6-3-2-4-7-17/h2-4,6-7,14H,5,8-13,15H2,1H3,(H,20,21,24). The first kappa shape index (κ1) is 17.6. The highest BCUT2D eigenvalue weighted by molar-refractivity contribution is 5.89. The maximum atomic E-state index is 12.0. The van der Waals surface area contributed by atoms with E-state index in [1.165, 1.54) is 5.56 Å². The number of nitrogens with one attached hydrogen (secondary N) is 1. The Hall–Kier alpha value is -2.18. The summed E-state index contributed by atoms with van der Waals surface area (Å²) in [6.45, 7) is 7.78. The van der Waals surface area contributed by atoms with E-state index in [9.17, 15) is 4.79 Å². The number of aryl methyl sites for hydroxylation is 1. The molecule has 1 fully saturated rings. The minimum absolute atomic E-state index is 0.0151. The summed E-state index contributed by atoms with van der Waals surface area (Å²) in [4.78, 5) is 16.9. The number of rotatable bonds is 6. The molecule has 0 unspecified atom stereocenters. The van der Waals surface area contributed by atoms with Gasteiger partial charge in [-0.05, 0) is 32.0 Å². The van der Waals surface area contributed by atoms with E-state index >= 15 is 0 Å². The molecule has 2 aromatic rings. The molecule has 0 radical (unpaired) electrons. The Balaban J connectivity index is 1.40. The van der Waals surface area contributed by atoms with E-state index in [2.05, 4.69) is 50.6 Å². The number of hydrogen-bond donors (Lipinski definition) is 1. The Labute approximate surface area is 148 Å². The minimum atomic E-state index is -0.0151. The molecular formula is C19H26N4O2. The lowest BCUT2D eigenvalue weighted by molar-refractivity contribution is -0.116. The van der Waals surface area contributed by atoms with Crippen LogP contribution in [-0.2, 0) is 11.3 Å². The molecule has 6 nitrogen and oxygen atoms in total. The maximum absolute atomic E-state index is 12.0. The number of hydrogen-bond acceptors (Lipinski definition) is 5. The summed E-state index contributed by atoms with van der Waals surface area (Å²) in [5, 5.41) is 6.57. The topological polar surface area (TPSA) is 61.6 Å². The molecule has 0 saturated carbocycles. The van der Waals surface area contributed by atoms with E-state index in [1.807, 2.05) is 0 Å². The van der Waals surface area contributed by atoms with E-state index in [0.717, 1.165) is 45.7 Å². The highest BCUT2D eigenvalue weighted by atomic mass is 16.5. The van der Waals surface area contributed by atoms with Crippen LogP contribution >= 0.6 is 0 Å². The third-order valence-corrected chi connectivity index (χ3v) is 4.48. The fourth-order valence-corrected chi connectivity index (χ4v) is 3.14. The van der Waals surface area contributed by atoms with Crippen LogP contribution in [-0.4, -0.2) is 53.6 Å². The Kier molecular flexibility index (Phi) is 6.19. The lowest BCUT2D eigenvalue weighted by Gasteiger charge is -2.21. The number of aromatic nitrogens is 1. The van der Waals surface area contributed by atoms with Crippen LogP contribution in [0.25, 0.3) is 0 Å². The molecule has 3 rings (SSSR count). The van der Waals surface area contributed by atoms with Gasteiger partial charge in [-0.2, -0.15) is 0 Å². The number of benzene rings is 1. The summed E-state index contributed by atoms with van der Waals surface area (Å²) in [6.07, 6.45) is 1.61. The van der Waals surface area contributed by atoms with Gasteiger partial charge in [-0.3, -0.25) is 9.69 Å². The Morgan fingerprint density at radius 1 is 1.16 bits per heavy atom. The van der Waals surface area contributed by atoms with Gasteiger partial charge in [0.15, 0.2) is 5.82 Å². The highest BCUT2D eigenvalue weighted by Crippen LogP contribution is 2.10. The monoisotopic (exact) mass is 342 g/mol. The zero-order chi connectivity index (χ0) is 17.5. The van der Waals surface area contributed by atoms with Crippen molar-refractivity contribution in [2.24, 2.45) is 0 Å². The SMILES string of the molecule is Cc1cc(NC(=O)CCN2CCCN(Cc3ccccc3)CC2)no1. The third-order valence-electron chi connectivity index (χ3n) is 4.48. The van der Waals surface area contributed by atoms with Gasteiger partial charge >= 0.3 is 0 Å². The van der Waals surface area contributed by atoms with Gasteiger partial charge in [0.1, 0.15) is 5.76 Å². The molecule has 0 aliphatic carbocycles. The van der Waals surface area contributed by atoms with Crippen LogP contribution in [0.4, 0.5) is 5.82 Å². The van der Waals surface area contributed by atoms with Crippen LogP contribution in [0, 0.1) is 6.92 Å². The van der Waals surface area contributed by atoms with Crippen molar-refractivity contribution < 1.29 is 9.32 Å². The van der Waals surface area contributed by atoms with Gasteiger partial charge in [0.05, 0.1) is 0 Å². The number of carbonyl (C=O) groups excluding carboxylic acids is 1. The van der Waals surface area contributed by atoms with Crippen molar-refractivity contribution in [3.8, 4) is 0 Å². The van der Waals surface area contributed by atoms with Gasteiger partial charge in [0.2, 0.25) is 5.91 Å². The predicted octanol–water partition coefficient (Wildman–Crippen LogP) is 2.52. The lowest BCUT2D eigenvalue weighted by atomic mass is 10.2. The summed E-state index contributed by atoms with van der Waals surface area (Å²) in [5.74, 6) is 1.17. The zero-order valence-electron chi connectivity index (χ0n) is 14.8. The van der Waals surface area contributed by atoms with Crippen molar-refractivity contribution in [3.05, 3.63) is 47.7 Å². The molecule has 2 heterocycles. The van der Waals surface area contributed by atoms with Crippen molar-refractivity contribution in [1.29, 1.82) is 0 Å². The first-order valence-corrected chi connectivity index (χ1v) is 8.91. The quantitative estimate of drug-likeness (QED) is 0.874. The molecule has 1 amide bonds. The van der Waals surface area contributed by atoms with Crippen molar-refractivity contribution in [3.63, 3.8) is 0 Å². The van der Waals surface area contributed by atoms with E-state index in [0.29, 0.717) is 18.0 Å². The van der Waals surface area contributed by atoms with Crippen molar-refractivity contribution in [1.82, 2.24) is 15.0 Å². The van der Waals surface area contributed by atoms with E-state index in [4.69, 9.17) is 4.52 Å². The summed E-state index contributed by atoms with van der Waals surface area (Å²) in [5.41, 5.74) is 1.36. The van der Waals surface area contributed by atoms with Gasteiger partial charge in [-0.1, -0.05) is 35.5 Å². The molecule has 1 aromatic heterocycles. The molecule has 0 spiro atoms. The van der Waals surface area contributed by atoms with Crippen LogP contribution < -0.4 is 5.32 Å². The molecule has 6 heteroatoms. The second kappa shape index (κ2) is 8.78. The van der Waals surface area contributed by atoms with Crippen LogP contribution in [0.2, 0.25) is 0 Å². The fraction of sp³-hybridized carbons (Fsp3) is 0.474. The molecular weight excluding hydrogens is 316 g/mol. The van der Waals surface area contributed by atoms with Crippen molar-refractivity contribution in [2.75, 3.05) is 38.0 Å². The van der Waals surface area contributed by atoms with E-state index in [-0.39, 0.29) is 5.91 Å². The van der Waals surface area contributed by atoms with E-state index in [1.54, 1.807) is 13.0 Å². The first-order valence-electron chi connectivity index (χ1n) is 8.91. The van der Waals surface area contributed by atoms with Crippen LogP contribution in [0.1, 0.15) is 24.2 Å². The number of anilines is 1. The molecule has 1 N–H and O–H groups in total. The van der Waals surface area contributed by atoms with Gasteiger partial charge in [0.25, 0.3) is 0 Å². The smallest absolute Gasteiger partial charge is 0.226 e. The molecule has 0 bridgehead atoms. The molecule has 1 aromatic carbocycles. The van der Waals surface area contributed by atoms with Gasteiger partial charge in [-0.15, -0.1) is 0 Å². The number of amides is 1.